The van der Waals surface area contributed by atoms with Crippen molar-refractivity contribution in [2.45, 2.75) is 37.6 Å². The molecule has 6 atom stereocenters. The van der Waals surface area contributed by atoms with Gasteiger partial charge in [0.2, 0.25) is 0 Å². The Morgan fingerprint density at radius 1 is 1.18 bits per heavy atom. The van der Waals surface area contributed by atoms with Crippen molar-refractivity contribution in [3.63, 3.8) is 0 Å². The van der Waals surface area contributed by atoms with E-state index >= 15 is 0 Å². The molecule has 0 radical (unpaired) electrons. The Morgan fingerprint density at radius 3 is 2.45 bits per heavy atom. The van der Waals surface area contributed by atoms with E-state index in [1.54, 1.807) is 0 Å². The van der Waals surface area contributed by atoms with Crippen LogP contribution in [0.15, 0.2) is 0 Å². The quantitative estimate of drug-likeness (QED) is 0.309. The van der Waals surface area contributed by atoms with Crippen LogP contribution in [-0.2, 0) is 23.3 Å². The van der Waals surface area contributed by atoms with Crippen LogP contribution in [0.4, 0.5) is 0 Å². The molecule has 0 aromatic heterocycles. The molecular formula is C11H23O9PS. The van der Waals surface area contributed by atoms with Gasteiger partial charge in [-0.1, -0.05) is 0 Å². The Labute approximate surface area is 132 Å². The zero-order valence-corrected chi connectivity index (χ0v) is 14.1. The summed E-state index contributed by atoms with van der Waals surface area (Å²) in [4.78, 5) is 9.32. The summed E-state index contributed by atoms with van der Waals surface area (Å²) in [5, 5.41) is 29.4. The molecule has 1 saturated heterocycles. The first kappa shape index (κ1) is 20.3. The Kier molecular flexibility index (Phi) is 8.80. The second-order valence-electron chi connectivity index (χ2n) is 4.53. The Balaban J connectivity index is 2.56. The van der Waals surface area contributed by atoms with E-state index in [4.69, 9.17) is 18.7 Å². The van der Waals surface area contributed by atoms with E-state index in [-0.39, 0.29) is 13.2 Å². The summed E-state index contributed by atoms with van der Waals surface area (Å²) in [5.41, 5.74) is 0. The zero-order valence-electron chi connectivity index (χ0n) is 12.4. The van der Waals surface area contributed by atoms with Crippen LogP contribution in [0, 0.1) is 0 Å². The van der Waals surface area contributed by atoms with Gasteiger partial charge in [-0.2, -0.15) is 0 Å². The van der Waals surface area contributed by atoms with E-state index in [0.717, 1.165) is 0 Å². The van der Waals surface area contributed by atoms with Crippen LogP contribution in [-0.4, -0.2) is 83.6 Å². The molecule has 0 aromatic carbocycles. The molecule has 0 aliphatic carbocycles. The lowest BCUT2D eigenvalue weighted by Crippen LogP contribution is -2.59. The molecule has 0 spiro atoms. The van der Waals surface area contributed by atoms with Crippen molar-refractivity contribution < 1.29 is 43.5 Å². The average Bonchev–Trinajstić information content (AvgIpc) is 2.50. The fraction of sp³-hybridized carbons (Fsp3) is 1.00. The summed E-state index contributed by atoms with van der Waals surface area (Å²) >= 11 is 0.630. The van der Waals surface area contributed by atoms with Crippen molar-refractivity contribution in [2.75, 3.05) is 32.7 Å². The van der Waals surface area contributed by atoms with Gasteiger partial charge in [0.25, 0.3) is 0 Å². The summed E-state index contributed by atoms with van der Waals surface area (Å²) in [6, 6.07) is 0. The van der Waals surface area contributed by atoms with Gasteiger partial charge in [-0.3, -0.25) is 4.52 Å². The lowest BCUT2D eigenvalue weighted by molar-refractivity contribution is -0.301. The van der Waals surface area contributed by atoms with Crippen molar-refractivity contribution >= 4 is 18.2 Å². The third-order valence-corrected chi connectivity index (χ3v) is 5.65. The molecular weight excluding hydrogens is 339 g/mol. The molecule has 1 rings (SSSR count). The van der Waals surface area contributed by atoms with Crippen molar-refractivity contribution in [1.82, 2.24) is 0 Å². The van der Waals surface area contributed by atoms with E-state index in [0.29, 0.717) is 18.0 Å². The first-order valence-corrected chi connectivity index (χ1v) is 10.1. The third kappa shape index (κ3) is 6.04. The molecule has 0 saturated carbocycles. The highest BCUT2D eigenvalue weighted by atomic mass is 32.7. The van der Waals surface area contributed by atoms with Gasteiger partial charge < -0.3 is 34.4 Å². The standard InChI is InChI=1S/C11H23O9PS/c1-3-17-4-5-18-11-10(14)9(13)8(12)7(20-11)6-19-21(15,16)22-2/h7-14H,3-6H2,1-2H3,(H,15,16). The maximum atomic E-state index is 11.4. The van der Waals surface area contributed by atoms with Crippen molar-refractivity contribution in [2.24, 2.45) is 0 Å². The number of aliphatic hydroxyl groups is 3. The molecule has 132 valence electrons. The van der Waals surface area contributed by atoms with E-state index in [2.05, 4.69) is 0 Å². The molecule has 22 heavy (non-hydrogen) atoms. The summed E-state index contributed by atoms with van der Waals surface area (Å²) in [6.07, 6.45) is -5.34. The van der Waals surface area contributed by atoms with E-state index in [1.165, 1.54) is 6.26 Å². The highest BCUT2D eigenvalue weighted by molar-refractivity contribution is 8.54. The first-order valence-electron chi connectivity index (χ1n) is 6.74. The SMILES string of the molecule is CCOCCOC1OC(COP(=O)(O)SC)C(O)C(O)C1O. The summed E-state index contributed by atoms with van der Waals surface area (Å²) in [6.45, 7) is -1.53. The van der Waals surface area contributed by atoms with Gasteiger partial charge in [-0.15, -0.1) is 0 Å². The van der Waals surface area contributed by atoms with Gasteiger partial charge in [-0.25, -0.2) is 4.57 Å². The summed E-state index contributed by atoms with van der Waals surface area (Å²) in [5.74, 6) is 0. The Hall–Kier alpha value is 0.260. The van der Waals surface area contributed by atoms with Gasteiger partial charge in [0, 0.05) is 6.61 Å². The van der Waals surface area contributed by atoms with Crippen LogP contribution in [0.2, 0.25) is 0 Å². The normalized spacial score (nSPS) is 35.3. The highest BCUT2D eigenvalue weighted by Crippen LogP contribution is 2.54. The second-order valence-corrected chi connectivity index (χ2v) is 8.57. The lowest BCUT2D eigenvalue weighted by Gasteiger charge is -2.40. The van der Waals surface area contributed by atoms with Crippen LogP contribution in [0.25, 0.3) is 0 Å². The van der Waals surface area contributed by atoms with Crippen LogP contribution in [0.1, 0.15) is 6.92 Å². The predicted molar refractivity (Wildman–Crippen MR) is 78.4 cm³/mol. The second kappa shape index (κ2) is 9.53. The smallest absolute Gasteiger partial charge is 0.386 e. The molecule has 11 heteroatoms. The molecule has 0 amide bonds. The molecule has 1 aliphatic heterocycles. The summed E-state index contributed by atoms with van der Waals surface area (Å²) < 4.78 is 31.8. The first-order chi connectivity index (χ1) is 10.3. The molecule has 0 bridgehead atoms. The zero-order chi connectivity index (χ0) is 16.8. The Bertz CT molecular complexity index is 371. The molecule has 1 fully saturated rings. The van der Waals surface area contributed by atoms with Gasteiger partial charge in [-0.05, 0) is 24.6 Å². The van der Waals surface area contributed by atoms with E-state index < -0.39 is 44.1 Å². The largest absolute Gasteiger partial charge is 0.387 e. The molecule has 6 unspecified atom stereocenters. The fourth-order valence-corrected chi connectivity index (χ4v) is 2.72. The molecule has 1 heterocycles. The fourth-order valence-electron chi connectivity index (χ4n) is 1.78. The van der Waals surface area contributed by atoms with Crippen molar-refractivity contribution in [3.05, 3.63) is 0 Å². The molecule has 9 nitrogen and oxygen atoms in total. The van der Waals surface area contributed by atoms with E-state index in [1.807, 2.05) is 6.92 Å². The number of aliphatic hydroxyl groups excluding tert-OH is 3. The van der Waals surface area contributed by atoms with Crippen LogP contribution in [0.5, 0.6) is 0 Å². The highest BCUT2D eigenvalue weighted by Gasteiger charge is 2.44. The Morgan fingerprint density at radius 2 is 1.86 bits per heavy atom. The van der Waals surface area contributed by atoms with E-state index in [9.17, 15) is 24.8 Å². The van der Waals surface area contributed by atoms with Gasteiger partial charge in [0.05, 0.1) is 19.8 Å². The maximum absolute atomic E-state index is 11.4. The molecule has 1 aliphatic rings. The van der Waals surface area contributed by atoms with Gasteiger partial charge in [0.15, 0.2) is 6.29 Å². The maximum Gasteiger partial charge on any atom is 0.386 e. The van der Waals surface area contributed by atoms with Crippen LogP contribution < -0.4 is 0 Å². The third-order valence-electron chi connectivity index (χ3n) is 3.02. The monoisotopic (exact) mass is 362 g/mol. The number of hydrogen-bond donors (Lipinski definition) is 4. The minimum Gasteiger partial charge on any atom is -0.387 e. The minimum absolute atomic E-state index is 0.120. The van der Waals surface area contributed by atoms with Gasteiger partial charge in [0.1, 0.15) is 24.4 Å². The minimum atomic E-state index is -3.83. The topological polar surface area (TPSA) is 135 Å². The number of rotatable bonds is 9. The molecule has 0 aromatic rings. The molecule has 4 N–H and O–H groups in total. The number of ether oxygens (including phenoxy) is 3. The average molecular weight is 362 g/mol. The lowest BCUT2D eigenvalue weighted by atomic mass is 9.99. The van der Waals surface area contributed by atoms with Crippen LogP contribution >= 0.6 is 18.2 Å². The summed E-state index contributed by atoms with van der Waals surface area (Å²) in [7, 11) is 0. The number of hydrogen-bond acceptors (Lipinski definition) is 9. The van der Waals surface area contributed by atoms with Crippen LogP contribution in [0.3, 0.4) is 0 Å². The van der Waals surface area contributed by atoms with Gasteiger partial charge >= 0.3 is 6.80 Å². The van der Waals surface area contributed by atoms with Crippen molar-refractivity contribution in [3.8, 4) is 0 Å². The van der Waals surface area contributed by atoms with Crippen molar-refractivity contribution in [1.29, 1.82) is 0 Å². The predicted octanol–water partition coefficient (Wildman–Crippen LogP) is -0.673.